The molecule has 3 amide bonds. The summed E-state index contributed by atoms with van der Waals surface area (Å²) in [6, 6.07) is 8.05. The predicted molar refractivity (Wildman–Crippen MR) is 87.7 cm³/mol. The number of carbonyl (C=O) groups excluding carboxylic acids is 2. The number of hydrogen-bond donors (Lipinski definition) is 2. The highest BCUT2D eigenvalue weighted by Crippen LogP contribution is 2.18. The molecular weight excluding hydrogens is 292 g/mol. The van der Waals surface area contributed by atoms with Gasteiger partial charge in [-0.2, -0.15) is 0 Å². The molecule has 3 N–H and O–H groups in total. The number of nitrogens with one attached hydrogen (secondary N) is 1. The highest BCUT2D eigenvalue weighted by Gasteiger charge is 2.23. The Kier molecular flexibility index (Phi) is 4.81. The quantitative estimate of drug-likeness (QED) is 0.843. The number of fused-ring (bicyclic) bond motifs is 1. The van der Waals surface area contributed by atoms with Crippen LogP contribution in [0.1, 0.15) is 24.0 Å². The van der Waals surface area contributed by atoms with Crippen molar-refractivity contribution in [1.29, 1.82) is 0 Å². The number of piperidine rings is 1. The summed E-state index contributed by atoms with van der Waals surface area (Å²) in [5.74, 6) is -0.0501. The van der Waals surface area contributed by atoms with Gasteiger partial charge < -0.3 is 20.9 Å². The van der Waals surface area contributed by atoms with Gasteiger partial charge in [0.15, 0.2) is 0 Å². The van der Waals surface area contributed by atoms with E-state index in [1.165, 1.54) is 11.1 Å². The van der Waals surface area contributed by atoms with E-state index in [1.807, 2.05) is 12.1 Å². The molecule has 1 fully saturated rings. The van der Waals surface area contributed by atoms with Crippen LogP contribution < -0.4 is 11.1 Å². The number of rotatable bonds is 2. The van der Waals surface area contributed by atoms with Crippen LogP contribution in [0.5, 0.6) is 0 Å². The van der Waals surface area contributed by atoms with Gasteiger partial charge in [0.05, 0.1) is 6.54 Å². The van der Waals surface area contributed by atoms with Crippen LogP contribution in [0.4, 0.5) is 4.79 Å². The zero-order chi connectivity index (χ0) is 16.2. The lowest BCUT2D eigenvalue weighted by Gasteiger charge is -2.32. The van der Waals surface area contributed by atoms with Crippen LogP contribution in [0.2, 0.25) is 0 Å². The maximum atomic E-state index is 12.3. The van der Waals surface area contributed by atoms with Crippen molar-refractivity contribution in [2.24, 2.45) is 5.73 Å². The normalized spacial score (nSPS) is 20.8. The first-order chi connectivity index (χ1) is 11.1. The lowest BCUT2D eigenvalue weighted by molar-refractivity contribution is -0.131. The van der Waals surface area contributed by atoms with Gasteiger partial charge in [0.25, 0.3) is 0 Å². The highest BCUT2D eigenvalue weighted by atomic mass is 16.2. The molecule has 0 aliphatic carbocycles. The van der Waals surface area contributed by atoms with Crippen LogP contribution >= 0.6 is 0 Å². The molecule has 124 valence electrons. The van der Waals surface area contributed by atoms with E-state index >= 15 is 0 Å². The molecule has 0 aromatic heterocycles. The van der Waals surface area contributed by atoms with Gasteiger partial charge in [-0.05, 0) is 30.4 Å². The molecule has 1 unspecified atom stereocenters. The summed E-state index contributed by atoms with van der Waals surface area (Å²) in [4.78, 5) is 28.0. The van der Waals surface area contributed by atoms with Crippen molar-refractivity contribution in [3.8, 4) is 0 Å². The number of urea groups is 1. The summed E-state index contributed by atoms with van der Waals surface area (Å²) in [6.45, 7) is 2.66. The number of nitrogens with two attached hydrogens (primary N) is 1. The van der Waals surface area contributed by atoms with Gasteiger partial charge in [-0.1, -0.05) is 24.3 Å². The topological polar surface area (TPSA) is 78.7 Å². The zero-order valence-electron chi connectivity index (χ0n) is 13.3. The van der Waals surface area contributed by atoms with E-state index in [4.69, 9.17) is 5.73 Å². The van der Waals surface area contributed by atoms with E-state index < -0.39 is 0 Å². The third kappa shape index (κ3) is 3.82. The van der Waals surface area contributed by atoms with Crippen LogP contribution in [-0.4, -0.2) is 54.0 Å². The first-order valence-electron chi connectivity index (χ1n) is 8.26. The largest absolute Gasteiger partial charge is 0.340 e. The van der Waals surface area contributed by atoms with Gasteiger partial charge in [0, 0.05) is 32.2 Å². The smallest absolute Gasteiger partial charge is 0.318 e. The minimum atomic E-state index is -0.172. The first kappa shape index (κ1) is 15.8. The molecule has 1 saturated heterocycles. The molecule has 2 aliphatic heterocycles. The molecule has 3 rings (SSSR count). The fourth-order valence-corrected chi connectivity index (χ4v) is 3.28. The van der Waals surface area contributed by atoms with Crippen molar-refractivity contribution in [2.75, 3.05) is 26.2 Å². The molecule has 1 aromatic carbocycles. The van der Waals surface area contributed by atoms with Gasteiger partial charge in [0.1, 0.15) is 0 Å². The number of carbonyl (C=O) groups is 2. The third-order valence-corrected chi connectivity index (χ3v) is 4.62. The van der Waals surface area contributed by atoms with Crippen molar-refractivity contribution in [2.45, 2.75) is 31.8 Å². The number of hydrogen-bond acceptors (Lipinski definition) is 3. The second kappa shape index (κ2) is 7.00. The molecule has 0 spiro atoms. The molecule has 23 heavy (non-hydrogen) atoms. The standard InChI is InChI=1S/C17H24N4O2/c18-15-6-3-8-20(12-15)16(22)10-19-17(23)21-9-7-13-4-1-2-5-14(13)11-21/h1-2,4-5,15H,3,6-12,18H2,(H,19,23). The fraction of sp³-hybridized carbons (Fsp3) is 0.529. The Hall–Kier alpha value is -2.08. The molecule has 2 heterocycles. The van der Waals surface area contributed by atoms with Gasteiger partial charge in [-0.3, -0.25) is 4.79 Å². The molecule has 2 aliphatic rings. The second-order valence-electron chi connectivity index (χ2n) is 6.34. The lowest BCUT2D eigenvalue weighted by atomic mass is 10.0. The summed E-state index contributed by atoms with van der Waals surface area (Å²) in [6.07, 6.45) is 2.76. The maximum Gasteiger partial charge on any atom is 0.318 e. The summed E-state index contributed by atoms with van der Waals surface area (Å²) in [7, 11) is 0. The average Bonchev–Trinajstić information content (AvgIpc) is 2.59. The monoisotopic (exact) mass is 316 g/mol. The Labute approximate surface area is 136 Å². The van der Waals surface area contributed by atoms with Crippen LogP contribution in [0, 0.1) is 0 Å². The Morgan fingerprint density at radius 3 is 2.74 bits per heavy atom. The van der Waals surface area contributed by atoms with Crippen LogP contribution in [0.15, 0.2) is 24.3 Å². The van der Waals surface area contributed by atoms with E-state index in [0.29, 0.717) is 19.6 Å². The molecule has 6 nitrogen and oxygen atoms in total. The highest BCUT2D eigenvalue weighted by molar-refractivity contribution is 5.84. The number of amides is 3. The zero-order valence-corrected chi connectivity index (χ0v) is 13.3. The number of nitrogens with zero attached hydrogens (tertiary/aromatic N) is 2. The van der Waals surface area contributed by atoms with Crippen molar-refractivity contribution < 1.29 is 9.59 Å². The van der Waals surface area contributed by atoms with Crippen LogP contribution in [-0.2, 0) is 17.8 Å². The van der Waals surface area contributed by atoms with E-state index in [9.17, 15) is 9.59 Å². The molecule has 0 saturated carbocycles. The molecule has 1 atom stereocenters. The van der Waals surface area contributed by atoms with Gasteiger partial charge in [-0.25, -0.2) is 4.79 Å². The Bertz CT molecular complexity index is 590. The van der Waals surface area contributed by atoms with Gasteiger partial charge in [-0.15, -0.1) is 0 Å². The Balaban J connectivity index is 1.49. The van der Waals surface area contributed by atoms with Gasteiger partial charge in [0.2, 0.25) is 5.91 Å². The summed E-state index contributed by atoms with van der Waals surface area (Å²) in [5, 5.41) is 2.75. The first-order valence-corrected chi connectivity index (χ1v) is 8.26. The molecule has 6 heteroatoms. The van der Waals surface area contributed by atoms with Gasteiger partial charge >= 0.3 is 6.03 Å². The SMILES string of the molecule is NC1CCCN(C(=O)CNC(=O)N2CCc3ccccc3C2)C1. The third-order valence-electron chi connectivity index (χ3n) is 4.62. The van der Waals surface area contributed by atoms with E-state index in [-0.39, 0.29) is 24.5 Å². The molecule has 0 radical (unpaired) electrons. The molecular formula is C17H24N4O2. The van der Waals surface area contributed by atoms with Crippen LogP contribution in [0.3, 0.4) is 0 Å². The lowest BCUT2D eigenvalue weighted by Crippen LogP contribution is -2.50. The second-order valence-corrected chi connectivity index (χ2v) is 6.34. The number of benzene rings is 1. The summed E-state index contributed by atoms with van der Waals surface area (Å²) in [5.41, 5.74) is 8.38. The van der Waals surface area contributed by atoms with Crippen molar-refractivity contribution in [3.05, 3.63) is 35.4 Å². The molecule has 1 aromatic rings. The van der Waals surface area contributed by atoms with Crippen molar-refractivity contribution >= 4 is 11.9 Å². The Morgan fingerprint density at radius 2 is 1.96 bits per heavy atom. The average molecular weight is 316 g/mol. The minimum Gasteiger partial charge on any atom is -0.340 e. The van der Waals surface area contributed by atoms with Crippen molar-refractivity contribution in [1.82, 2.24) is 15.1 Å². The number of likely N-dealkylation sites (tertiary alicyclic amines) is 1. The summed E-state index contributed by atoms with van der Waals surface area (Å²) >= 11 is 0. The van der Waals surface area contributed by atoms with Crippen LogP contribution in [0.25, 0.3) is 0 Å². The fourth-order valence-electron chi connectivity index (χ4n) is 3.28. The molecule has 0 bridgehead atoms. The summed E-state index contributed by atoms with van der Waals surface area (Å²) < 4.78 is 0. The Morgan fingerprint density at radius 1 is 1.17 bits per heavy atom. The maximum absolute atomic E-state index is 12.3. The van der Waals surface area contributed by atoms with E-state index in [2.05, 4.69) is 17.4 Å². The van der Waals surface area contributed by atoms with Crippen molar-refractivity contribution in [3.63, 3.8) is 0 Å². The minimum absolute atomic E-state index is 0.0453. The van der Waals surface area contributed by atoms with E-state index in [1.54, 1.807) is 9.80 Å². The van der Waals surface area contributed by atoms with E-state index in [0.717, 1.165) is 25.8 Å². The predicted octanol–water partition coefficient (Wildman–Crippen LogP) is 0.704.